The summed E-state index contributed by atoms with van der Waals surface area (Å²) in [4.78, 5) is 29.5. The minimum absolute atomic E-state index is 0.0130. The molecule has 112 valence electrons. The SMILES string of the molecule is CCN(CC(=O)NC(C)C)C(=O)c1n[nH]c(C(C)C)n1. The van der Waals surface area contributed by atoms with Gasteiger partial charge in [0.1, 0.15) is 5.82 Å². The first kappa shape index (κ1) is 16.1. The van der Waals surface area contributed by atoms with Crippen LogP contribution in [0.25, 0.3) is 0 Å². The van der Waals surface area contributed by atoms with Gasteiger partial charge in [-0.15, -0.1) is 5.10 Å². The summed E-state index contributed by atoms with van der Waals surface area (Å²) in [5, 5.41) is 9.41. The molecule has 1 aromatic rings. The van der Waals surface area contributed by atoms with Crippen LogP contribution in [0.2, 0.25) is 0 Å². The predicted molar refractivity (Wildman–Crippen MR) is 75.3 cm³/mol. The maximum absolute atomic E-state index is 12.2. The van der Waals surface area contributed by atoms with E-state index in [1.807, 2.05) is 34.6 Å². The van der Waals surface area contributed by atoms with Crippen LogP contribution in [0, 0.1) is 0 Å². The van der Waals surface area contributed by atoms with E-state index in [0.29, 0.717) is 12.4 Å². The van der Waals surface area contributed by atoms with E-state index in [4.69, 9.17) is 0 Å². The maximum atomic E-state index is 12.2. The first-order valence-corrected chi connectivity index (χ1v) is 6.86. The second-order valence-electron chi connectivity index (χ2n) is 5.24. The molecule has 1 heterocycles. The number of H-pyrrole nitrogens is 1. The highest BCUT2D eigenvalue weighted by Crippen LogP contribution is 2.08. The monoisotopic (exact) mass is 281 g/mol. The quantitative estimate of drug-likeness (QED) is 0.811. The number of hydrogen-bond donors (Lipinski definition) is 2. The van der Waals surface area contributed by atoms with Gasteiger partial charge in [-0.2, -0.15) is 0 Å². The van der Waals surface area contributed by atoms with E-state index in [1.54, 1.807) is 0 Å². The fourth-order valence-corrected chi connectivity index (χ4v) is 1.64. The molecule has 0 saturated carbocycles. The third-order valence-corrected chi connectivity index (χ3v) is 2.69. The molecule has 0 fully saturated rings. The Morgan fingerprint density at radius 3 is 2.40 bits per heavy atom. The number of aromatic amines is 1. The molecule has 20 heavy (non-hydrogen) atoms. The van der Waals surface area contributed by atoms with Crippen LogP contribution < -0.4 is 5.32 Å². The van der Waals surface area contributed by atoms with E-state index in [0.717, 1.165) is 0 Å². The second kappa shape index (κ2) is 7.02. The van der Waals surface area contributed by atoms with Gasteiger partial charge in [0.05, 0.1) is 6.54 Å². The maximum Gasteiger partial charge on any atom is 0.293 e. The van der Waals surface area contributed by atoms with E-state index in [2.05, 4.69) is 20.5 Å². The van der Waals surface area contributed by atoms with Gasteiger partial charge < -0.3 is 10.2 Å². The van der Waals surface area contributed by atoms with Gasteiger partial charge in [-0.25, -0.2) is 4.98 Å². The van der Waals surface area contributed by atoms with Crippen molar-refractivity contribution in [1.29, 1.82) is 0 Å². The van der Waals surface area contributed by atoms with E-state index >= 15 is 0 Å². The van der Waals surface area contributed by atoms with Crippen molar-refractivity contribution in [3.63, 3.8) is 0 Å². The Morgan fingerprint density at radius 1 is 1.30 bits per heavy atom. The Bertz CT molecular complexity index is 467. The number of nitrogens with one attached hydrogen (secondary N) is 2. The highest BCUT2D eigenvalue weighted by Gasteiger charge is 2.22. The number of nitrogens with zero attached hydrogens (tertiary/aromatic N) is 3. The molecule has 2 amide bonds. The van der Waals surface area contributed by atoms with Crippen molar-refractivity contribution in [1.82, 2.24) is 25.4 Å². The van der Waals surface area contributed by atoms with E-state index in [9.17, 15) is 9.59 Å². The molecule has 0 bridgehead atoms. The smallest absolute Gasteiger partial charge is 0.293 e. The standard InChI is InChI=1S/C13H23N5O2/c1-6-18(7-10(19)14-9(4)5)13(20)12-15-11(8(2)3)16-17-12/h8-9H,6-7H2,1-5H3,(H,14,19)(H,15,16,17). The summed E-state index contributed by atoms with van der Waals surface area (Å²) < 4.78 is 0. The molecular formula is C13H23N5O2. The average Bonchev–Trinajstić information content (AvgIpc) is 2.83. The Labute approximate surface area is 119 Å². The van der Waals surface area contributed by atoms with Crippen molar-refractivity contribution in [2.75, 3.05) is 13.1 Å². The first-order valence-electron chi connectivity index (χ1n) is 6.86. The molecular weight excluding hydrogens is 258 g/mol. The highest BCUT2D eigenvalue weighted by molar-refractivity contribution is 5.93. The summed E-state index contributed by atoms with van der Waals surface area (Å²) in [6, 6.07) is 0.0485. The van der Waals surface area contributed by atoms with Crippen molar-refractivity contribution in [2.45, 2.75) is 46.6 Å². The lowest BCUT2D eigenvalue weighted by molar-refractivity contribution is -0.122. The van der Waals surface area contributed by atoms with Crippen LogP contribution >= 0.6 is 0 Å². The molecule has 7 nitrogen and oxygen atoms in total. The van der Waals surface area contributed by atoms with Gasteiger partial charge in [0.2, 0.25) is 11.7 Å². The number of aromatic nitrogens is 3. The molecule has 1 aromatic heterocycles. The van der Waals surface area contributed by atoms with Crippen LogP contribution in [0.4, 0.5) is 0 Å². The number of likely N-dealkylation sites (N-methyl/N-ethyl adjacent to an activating group) is 1. The molecule has 0 aliphatic rings. The van der Waals surface area contributed by atoms with Crippen molar-refractivity contribution >= 4 is 11.8 Å². The molecule has 0 aliphatic carbocycles. The lowest BCUT2D eigenvalue weighted by Crippen LogP contribution is -2.43. The zero-order valence-corrected chi connectivity index (χ0v) is 12.7. The average molecular weight is 281 g/mol. The number of hydrogen-bond acceptors (Lipinski definition) is 4. The summed E-state index contributed by atoms with van der Waals surface area (Å²) in [6.45, 7) is 9.93. The molecule has 0 spiro atoms. The van der Waals surface area contributed by atoms with Gasteiger partial charge in [0, 0.05) is 18.5 Å². The molecule has 0 unspecified atom stereocenters. The van der Waals surface area contributed by atoms with Gasteiger partial charge in [0.15, 0.2) is 0 Å². The lowest BCUT2D eigenvalue weighted by Gasteiger charge is -2.19. The largest absolute Gasteiger partial charge is 0.352 e. The van der Waals surface area contributed by atoms with Crippen LogP contribution in [0.1, 0.15) is 57.0 Å². The number of carbonyl (C=O) groups excluding carboxylic acids is 2. The fraction of sp³-hybridized carbons (Fsp3) is 0.692. The Kier molecular flexibility index (Phi) is 5.66. The molecule has 0 atom stereocenters. The molecule has 7 heteroatoms. The van der Waals surface area contributed by atoms with Gasteiger partial charge >= 0.3 is 0 Å². The summed E-state index contributed by atoms with van der Waals surface area (Å²) in [5.41, 5.74) is 0. The summed E-state index contributed by atoms with van der Waals surface area (Å²) >= 11 is 0. The van der Waals surface area contributed by atoms with E-state index < -0.39 is 0 Å². The minimum atomic E-state index is -0.338. The zero-order valence-electron chi connectivity index (χ0n) is 12.7. The molecule has 0 radical (unpaired) electrons. The van der Waals surface area contributed by atoms with Crippen molar-refractivity contribution in [3.05, 3.63) is 11.6 Å². The van der Waals surface area contributed by atoms with Gasteiger partial charge in [-0.3, -0.25) is 14.7 Å². The van der Waals surface area contributed by atoms with Crippen LogP contribution in [-0.2, 0) is 4.79 Å². The van der Waals surface area contributed by atoms with Crippen molar-refractivity contribution < 1.29 is 9.59 Å². The molecule has 1 rings (SSSR count). The number of amides is 2. The van der Waals surface area contributed by atoms with Gasteiger partial charge in [0.25, 0.3) is 5.91 Å². The van der Waals surface area contributed by atoms with E-state index in [-0.39, 0.29) is 36.1 Å². The molecule has 0 aliphatic heterocycles. The van der Waals surface area contributed by atoms with Crippen LogP contribution in [-0.4, -0.2) is 51.0 Å². The van der Waals surface area contributed by atoms with E-state index in [1.165, 1.54) is 4.90 Å². The normalized spacial score (nSPS) is 10.9. The summed E-state index contributed by atoms with van der Waals surface area (Å²) in [7, 11) is 0. The molecule has 2 N–H and O–H groups in total. The van der Waals surface area contributed by atoms with Crippen LogP contribution in [0.5, 0.6) is 0 Å². The Morgan fingerprint density at radius 2 is 1.95 bits per heavy atom. The predicted octanol–water partition coefficient (Wildman–Crippen LogP) is 0.915. The zero-order chi connectivity index (χ0) is 15.3. The topological polar surface area (TPSA) is 91.0 Å². The lowest BCUT2D eigenvalue weighted by atomic mass is 10.2. The Hall–Kier alpha value is -1.92. The third kappa shape index (κ3) is 4.32. The van der Waals surface area contributed by atoms with Crippen LogP contribution in [0.15, 0.2) is 0 Å². The number of rotatable bonds is 6. The summed E-state index contributed by atoms with van der Waals surface area (Å²) in [6.07, 6.45) is 0. The van der Waals surface area contributed by atoms with Gasteiger partial charge in [-0.1, -0.05) is 13.8 Å². The summed E-state index contributed by atoms with van der Waals surface area (Å²) in [5.74, 6) is 0.414. The van der Waals surface area contributed by atoms with Crippen LogP contribution in [0.3, 0.4) is 0 Å². The molecule has 0 saturated heterocycles. The number of carbonyl (C=O) groups is 2. The fourth-order valence-electron chi connectivity index (χ4n) is 1.64. The third-order valence-electron chi connectivity index (χ3n) is 2.69. The second-order valence-corrected chi connectivity index (χ2v) is 5.24. The minimum Gasteiger partial charge on any atom is -0.352 e. The van der Waals surface area contributed by atoms with Crippen molar-refractivity contribution in [3.8, 4) is 0 Å². The highest BCUT2D eigenvalue weighted by atomic mass is 16.2. The van der Waals surface area contributed by atoms with Crippen molar-refractivity contribution in [2.24, 2.45) is 0 Å². The Balaban J connectivity index is 2.73. The molecule has 0 aromatic carbocycles. The van der Waals surface area contributed by atoms with Gasteiger partial charge in [-0.05, 0) is 20.8 Å². The first-order chi connectivity index (χ1) is 9.35.